The van der Waals surface area contributed by atoms with Crippen molar-refractivity contribution in [1.82, 2.24) is 0 Å². The summed E-state index contributed by atoms with van der Waals surface area (Å²) in [6, 6.07) is 0. The Morgan fingerprint density at radius 3 is 2.28 bits per heavy atom. The predicted molar refractivity (Wildman–Crippen MR) is 112 cm³/mol. The van der Waals surface area contributed by atoms with E-state index in [1.807, 2.05) is 0 Å². The van der Waals surface area contributed by atoms with E-state index in [0.29, 0.717) is 54.3 Å². The third-order valence-electron chi connectivity index (χ3n) is 11.5. The molecule has 0 bridgehead atoms. The third kappa shape index (κ3) is 2.36. The molecule has 0 radical (unpaired) electrons. The molecule has 5 aliphatic rings. The number of fused-ring (bicyclic) bond motifs is 7. The first-order valence-corrected chi connectivity index (χ1v) is 12.3. The van der Waals surface area contributed by atoms with Crippen molar-refractivity contribution in [3.8, 4) is 0 Å². The van der Waals surface area contributed by atoms with Gasteiger partial charge in [0.2, 0.25) is 0 Å². The molecule has 29 heavy (non-hydrogen) atoms. The Labute approximate surface area is 176 Å². The zero-order chi connectivity index (χ0) is 21.0. The van der Waals surface area contributed by atoms with E-state index in [4.69, 9.17) is 0 Å². The predicted octanol–water partition coefficient (Wildman–Crippen LogP) is 3.36. The lowest BCUT2D eigenvalue weighted by atomic mass is 9.40. The third-order valence-corrected chi connectivity index (χ3v) is 11.5. The van der Waals surface area contributed by atoms with Crippen LogP contribution in [0.5, 0.6) is 0 Å². The van der Waals surface area contributed by atoms with Crippen LogP contribution >= 0.6 is 0 Å². The SMILES string of the molecule is CC1C2C3C4C(CC[C@]3(C)[C@](O)(CCCO)C12)[C@@]1(C)CC[C@H](O)C[C@@]1(O)C[C@@H]4C. The van der Waals surface area contributed by atoms with E-state index in [0.717, 1.165) is 38.5 Å². The van der Waals surface area contributed by atoms with Crippen molar-refractivity contribution < 1.29 is 20.4 Å². The van der Waals surface area contributed by atoms with Gasteiger partial charge in [0.1, 0.15) is 0 Å². The Morgan fingerprint density at radius 2 is 1.59 bits per heavy atom. The maximum absolute atomic E-state index is 12.0. The van der Waals surface area contributed by atoms with Crippen molar-refractivity contribution >= 4 is 0 Å². The minimum absolute atomic E-state index is 0.0700. The average Bonchev–Trinajstić information content (AvgIpc) is 3.26. The molecule has 5 aliphatic carbocycles. The summed E-state index contributed by atoms with van der Waals surface area (Å²) in [7, 11) is 0. The maximum Gasteiger partial charge on any atom is 0.0738 e. The second-order valence-electron chi connectivity index (χ2n) is 12.4. The van der Waals surface area contributed by atoms with E-state index in [-0.39, 0.29) is 23.5 Å². The standard InChI is InChI=1S/C25H42O4/c1-14-12-24(28)13-16(27)6-9-22(24,3)17-7-10-23(4)21(18(14)17)19-15(2)20(19)25(23,29)8-5-11-26/h14-21,26-29H,5-13H2,1-4H3/t14-,15?,16-,17?,18?,19?,20?,21?,22+,23-,24-,25-/m0/s1. The zero-order valence-corrected chi connectivity index (χ0v) is 18.8. The van der Waals surface area contributed by atoms with Gasteiger partial charge in [-0.3, -0.25) is 0 Å². The minimum atomic E-state index is -0.751. The van der Waals surface area contributed by atoms with Crippen LogP contribution in [0.15, 0.2) is 0 Å². The fourth-order valence-electron chi connectivity index (χ4n) is 10.1. The van der Waals surface area contributed by atoms with Crippen molar-refractivity contribution in [2.45, 2.75) is 96.4 Å². The quantitative estimate of drug-likeness (QED) is 0.579. The molecule has 0 aromatic rings. The summed E-state index contributed by atoms with van der Waals surface area (Å²) < 4.78 is 0. The highest BCUT2D eigenvalue weighted by atomic mass is 16.3. The Bertz CT molecular complexity index is 682. The van der Waals surface area contributed by atoms with Gasteiger partial charge in [0.05, 0.1) is 17.3 Å². The number of rotatable bonds is 3. The molecule has 0 aromatic heterocycles. The molecule has 4 nitrogen and oxygen atoms in total. The number of hydrogen-bond acceptors (Lipinski definition) is 4. The van der Waals surface area contributed by atoms with Crippen LogP contribution in [0.3, 0.4) is 0 Å². The smallest absolute Gasteiger partial charge is 0.0738 e. The van der Waals surface area contributed by atoms with Gasteiger partial charge in [-0.25, -0.2) is 0 Å². The first-order valence-electron chi connectivity index (χ1n) is 12.3. The van der Waals surface area contributed by atoms with Crippen LogP contribution in [0, 0.1) is 52.3 Å². The summed E-state index contributed by atoms with van der Waals surface area (Å²) in [5.41, 5.74) is -1.59. The van der Waals surface area contributed by atoms with Gasteiger partial charge in [-0.15, -0.1) is 0 Å². The van der Waals surface area contributed by atoms with Gasteiger partial charge in [-0.1, -0.05) is 27.7 Å². The van der Waals surface area contributed by atoms with Crippen molar-refractivity contribution in [3.05, 3.63) is 0 Å². The average molecular weight is 407 g/mol. The molecule has 0 saturated heterocycles. The van der Waals surface area contributed by atoms with Gasteiger partial charge in [0, 0.05) is 13.0 Å². The van der Waals surface area contributed by atoms with Crippen LogP contribution in [-0.4, -0.2) is 44.3 Å². The van der Waals surface area contributed by atoms with Gasteiger partial charge in [-0.2, -0.15) is 0 Å². The monoisotopic (exact) mass is 406 g/mol. The summed E-state index contributed by atoms with van der Waals surface area (Å²) in [5.74, 6) is 3.53. The van der Waals surface area contributed by atoms with Crippen molar-refractivity contribution in [1.29, 1.82) is 0 Å². The first kappa shape index (κ1) is 20.7. The molecule has 0 aliphatic heterocycles. The Morgan fingerprint density at radius 1 is 0.897 bits per heavy atom. The first-order chi connectivity index (χ1) is 13.5. The molecule has 6 unspecified atom stereocenters. The highest BCUT2D eigenvalue weighted by Gasteiger charge is 2.80. The van der Waals surface area contributed by atoms with Gasteiger partial charge >= 0.3 is 0 Å². The summed E-state index contributed by atoms with van der Waals surface area (Å²) in [6.07, 6.45) is 6.19. The van der Waals surface area contributed by atoms with Gasteiger partial charge in [0.15, 0.2) is 0 Å². The zero-order valence-electron chi connectivity index (χ0n) is 18.8. The Hall–Kier alpha value is -0.160. The lowest BCUT2D eigenvalue weighted by molar-refractivity contribution is -0.247. The molecule has 4 heteroatoms. The number of hydrogen-bond donors (Lipinski definition) is 4. The highest BCUT2D eigenvalue weighted by molar-refractivity contribution is 5.28. The number of aliphatic hydroxyl groups is 4. The molecule has 0 aromatic carbocycles. The topological polar surface area (TPSA) is 80.9 Å². The molecule has 4 N–H and O–H groups in total. The molecule has 166 valence electrons. The van der Waals surface area contributed by atoms with Crippen LogP contribution in [0.25, 0.3) is 0 Å². The molecule has 0 spiro atoms. The van der Waals surface area contributed by atoms with Crippen molar-refractivity contribution in [3.63, 3.8) is 0 Å². The lowest BCUT2D eigenvalue weighted by Gasteiger charge is -2.67. The van der Waals surface area contributed by atoms with Gasteiger partial charge in [-0.05, 0) is 97.2 Å². The Balaban J connectivity index is 1.53. The van der Waals surface area contributed by atoms with Crippen molar-refractivity contribution in [2.75, 3.05) is 6.61 Å². The van der Waals surface area contributed by atoms with Crippen LogP contribution in [-0.2, 0) is 0 Å². The minimum Gasteiger partial charge on any atom is -0.396 e. The van der Waals surface area contributed by atoms with E-state index in [9.17, 15) is 20.4 Å². The van der Waals surface area contributed by atoms with Gasteiger partial charge < -0.3 is 20.4 Å². The fraction of sp³-hybridized carbons (Fsp3) is 1.00. The molecule has 5 rings (SSSR count). The number of aliphatic hydroxyl groups excluding tert-OH is 2. The van der Waals surface area contributed by atoms with E-state index < -0.39 is 11.2 Å². The molecule has 5 saturated carbocycles. The van der Waals surface area contributed by atoms with E-state index in [1.54, 1.807) is 0 Å². The summed E-state index contributed by atoms with van der Waals surface area (Å²) in [5, 5.41) is 43.6. The summed E-state index contributed by atoms with van der Waals surface area (Å²) in [6.45, 7) is 9.47. The molecular formula is C25H42O4. The molecule has 0 heterocycles. The largest absolute Gasteiger partial charge is 0.396 e. The second-order valence-corrected chi connectivity index (χ2v) is 12.4. The van der Waals surface area contributed by atoms with Crippen molar-refractivity contribution in [2.24, 2.45) is 52.3 Å². The normalized spacial score (nSPS) is 63.3. The highest BCUT2D eigenvalue weighted by Crippen LogP contribution is 2.80. The van der Waals surface area contributed by atoms with E-state index in [2.05, 4.69) is 27.7 Å². The summed E-state index contributed by atoms with van der Waals surface area (Å²) in [4.78, 5) is 0. The van der Waals surface area contributed by atoms with Crippen LogP contribution < -0.4 is 0 Å². The van der Waals surface area contributed by atoms with Crippen LogP contribution in [0.4, 0.5) is 0 Å². The summed E-state index contributed by atoms with van der Waals surface area (Å²) >= 11 is 0. The molecular weight excluding hydrogens is 364 g/mol. The van der Waals surface area contributed by atoms with Crippen LogP contribution in [0.2, 0.25) is 0 Å². The van der Waals surface area contributed by atoms with E-state index in [1.165, 1.54) is 0 Å². The van der Waals surface area contributed by atoms with Gasteiger partial charge in [0.25, 0.3) is 0 Å². The fourth-order valence-corrected chi connectivity index (χ4v) is 10.1. The lowest BCUT2D eigenvalue weighted by Crippen LogP contribution is -2.66. The van der Waals surface area contributed by atoms with Crippen LogP contribution in [0.1, 0.15) is 79.1 Å². The molecule has 0 amide bonds. The molecule has 12 atom stereocenters. The Kier molecular flexibility index (Phi) is 4.44. The van der Waals surface area contributed by atoms with E-state index >= 15 is 0 Å². The maximum atomic E-state index is 12.0. The second kappa shape index (κ2) is 6.21. The molecule has 5 fully saturated rings.